The van der Waals surface area contributed by atoms with Crippen LogP contribution in [0, 0.1) is 0 Å². The molecule has 0 bridgehead atoms. The van der Waals surface area contributed by atoms with E-state index in [1.807, 2.05) is 5.38 Å². The van der Waals surface area contributed by atoms with Gasteiger partial charge in [-0.2, -0.15) is 0 Å². The average Bonchev–Trinajstić information content (AvgIpc) is 3.25. The summed E-state index contributed by atoms with van der Waals surface area (Å²) < 4.78 is 5.65. The van der Waals surface area contributed by atoms with Crippen LogP contribution in [0.3, 0.4) is 0 Å². The number of nitrogens with two attached hydrogens (primary N) is 1. The fourth-order valence-electron chi connectivity index (χ4n) is 2.72. The Bertz CT molecular complexity index is 746. The third kappa shape index (κ3) is 3.65. The second kappa shape index (κ2) is 6.74. The second-order valence-corrected chi connectivity index (χ2v) is 6.89. The minimum absolute atomic E-state index is 0.116. The van der Waals surface area contributed by atoms with Crippen molar-refractivity contribution in [3.63, 3.8) is 0 Å². The monoisotopic (exact) mass is 348 g/mol. The van der Waals surface area contributed by atoms with Gasteiger partial charge in [0.2, 0.25) is 11.8 Å². The number of nitrogens with one attached hydrogen (secondary N) is 2. The van der Waals surface area contributed by atoms with Crippen LogP contribution in [0.4, 0.5) is 5.13 Å². The number of thiazole rings is 1. The topological polar surface area (TPSA) is 110 Å². The number of anilines is 1. The van der Waals surface area contributed by atoms with Crippen LogP contribution in [-0.2, 0) is 16.1 Å². The van der Waals surface area contributed by atoms with Crippen molar-refractivity contribution in [2.75, 3.05) is 5.32 Å². The Hall–Kier alpha value is -2.19. The van der Waals surface area contributed by atoms with Crippen molar-refractivity contribution in [3.8, 4) is 11.5 Å². The molecule has 0 saturated heterocycles. The number of hydrogen-bond donors (Lipinski definition) is 3. The van der Waals surface area contributed by atoms with Gasteiger partial charge in [-0.1, -0.05) is 12.8 Å². The van der Waals surface area contributed by atoms with E-state index in [1.54, 1.807) is 12.1 Å². The summed E-state index contributed by atoms with van der Waals surface area (Å²) in [4.78, 5) is 27.6. The van der Waals surface area contributed by atoms with Crippen LogP contribution in [0.15, 0.2) is 21.9 Å². The molecule has 1 aliphatic rings. The van der Waals surface area contributed by atoms with Crippen molar-refractivity contribution < 1.29 is 14.0 Å². The number of hydrogen-bond acceptors (Lipinski definition) is 6. The molecule has 3 rings (SSSR count). The molecule has 2 aromatic heterocycles. The molecule has 0 radical (unpaired) electrons. The quantitative estimate of drug-likeness (QED) is 0.767. The van der Waals surface area contributed by atoms with Gasteiger partial charge in [-0.3, -0.25) is 9.59 Å². The van der Waals surface area contributed by atoms with Gasteiger partial charge in [0, 0.05) is 12.3 Å². The lowest BCUT2D eigenvalue weighted by Gasteiger charge is -2.21. The van der Waals surface area contributed by atoms with Crippen LogP contribution >= 0.6 is 11.3 Å². The van der Waals surface area contributed by atoms with Crippen molar-refractivity contribution in [1.29, 1.82) is 0 Å². The van der Waals surface area contributed by atoms with E-state index in [4.69, 9.17) is 10.2 Å². The minimum Gasteiger partial charge on any atom is -0.458 e. The lowest BCUT2D eigenvalue weighted by atomic mass is 9.98. The van der Waals surface area contributed by atoms with E-state index < -0.39 is 5.54 Å². The maximum absolute atomic E-state index is 12.3. The van der Waals surface area contributed by atoms with E-state index in [-0.39, 0.29) is 11.8 Å². The van der Waals surface area contributed by atoms with Gasteiger partial charge in [0.1, 0.15) is 11.5 Å². The van der Waals surface area contributed by atoms with Crippen molar-refractivity contribution in [2.45, 2.75) is 44.7 Å². The van der Waals surface area contributed by atoms with Crippen LogP contribution in [0.2, 0.25) is 0 Å². The van der Waals surface area contributed by atoms with E-state index >= 15 is 0 Å². The summed E-state index contributed by atoms with van der Waals surface area (Å²) in [6.07, 6.45) is 3.39. The molecule has 1 fully saturated rings. The molecule has 2 amide bonds. The summed E-state index contributed by atoms with van der Waals surface area (Å²) in [7, 11) is 0. The predicted molar refractivity (Wildman–Crippen MR) is 91.4 cm³/mol. The Morgan fingerprint density at radius 2 is 2.12 bits per heavy atom. The molecule has 0 aromatic carbocycles. The highest BCUT2D eigenvalue weighted by Gasteiger charge is 2.37. The molecule has 24 heavy (non-hydrogen) atoms. The third-order valence-electron chi connectivity index (χ3n) is 4.10. The van der Waals surface area contributed by atoms with Gasteiger partial charge in [0.25, 0.3) is 0 Å². The molecule has 0 unspecified atom stereocenters. The lowest BCUT2D eigenvalue weighted by molar-refractivity contribution is -0.121. The largest absolute Gasteiger partial charge is 0.458 e. The predicted octanol–water partition coefficient (Wildman–Crippen LogP) is 2.25. The summed E-state index contributed by atoms with van der Waals surface area (Å²) in [5.74, 6) is 0.946. The first-order chi connectivity index (χ1) is 11.5. The first kappa shape index (κ1) is 16.7. The van der Waals surface area contributed by atoms with Crippen LogP contribution < -0.4 is 16.4 Å². The summed E-state index contributed by atoms with van der Waals surface area (Å²) in [6, 6.07) is 3.58. The molecule has 7 nitrogen and oxygen atoms in total. The van der Waals surface area contributed by atoms with Crippen molar-refractivity contribution >= 4 is 28.3 Å². The first-order valence-corrected chi connectivity index (χ1v) is 8.74. The van der Waals surface area contributed by atoms with Gasteiger partial charge in [-0.25, -0.2) is 4.98 Å². The van der Waals surface area contributed by atoms with E-state index in [2.05, 4.69) is 15.6 Å². The molecule has 0 atom stereocenters. The molecule has 2 aromatic rings. The van der Waals surface area contributed by atoms with E-state index in [9.17, 15) is 9.59 Å². The maximum Gasteiger partial charge on any atom is 0.246 e. The fourth-order valence-corrected chi connectivity index (χ4v) is 3.42. The molecule has 0 spiro atoms. The Balaban J connectivity index is 1.65. The smallest absolute Gasteiger partial charge is 0.246 e. The summed E-state index contributed by atoms with van der Waals surface area (Å²) in [6.45, 7) is 1.78. The molecule has 2 heterocycles. The zero-order chi connectivity index (χ0) is 17.2. The van der Waals surface area contributed by atoms with Crippen LogP contribution in [-0.4, -0.2) is 22.3 Å². The highest BCUT2D eigenvalue weighted by Crippen LogP contribution is 2.30. The Kier molecular flexibility index (Phi) is 4.68. The van der Waals surface area contributed by atoms with E-state index in [1.165, 1.54) is 18.3 Å². The number of rotatable bonds is 5. The minimum atomic E-state index is -0.776. The molecule has 0 aliphatic heterocycles. The number of nitrogens with zero attached hydrogens (tertiary/aromatic N) is 1. The number of carbonyl (C=O) groups is 2. The Labute approximate surface area is 143 Å². The number of aromatic nitrogens is 1. The molecule has 4 N–H and O–H groups in total. The van der Waals surface area contributed by atoms with Crippen LogP contribution in [0.25, 0.3) is 11.5 Å². The summed E-state index contributed by atoms with van der Waals surface area (Å²) in [5, 5.41) is 7.80. The van der Waals surface area contributed by atoms with Crippen molar-refractivity contribution in [1.82, 2.24) is 10.3 Å². The molecule has 1 saturated carbocycles. The molecule has 128 valence electrons. The van der Waals surface area contributed by atoms with Crippen molar-refractivity contribution in [3.05, 3.63) is 23.3 Å². The molecule has 8 heteroatoms. The van der Waals surface area contributed by atoms with Gasteiger partial charge in [-0.15, -0.1) is 11.3 Å². The van der Waals surface area contributed by atoms with Crippen LogP contribution in [0.1, 0.15) is 38.4 Å². The highest BCUT2D eigenvalue weighted by molar-refractivity contribution is 7.14. The molecular weight excluding hydrogens is 328 g/mol. The van der Waals surface area contributed by atoms with Gasteiger partial charge in [-0.05, 0) is 25.0 Å². The highest BCUT2D eigenvalue weighted by atomic mass is 32.1. The Morgan fingerprint density at radius 3 is 2.83 bits per heavy atom. The van der Waals surface area contributed by atoms with Crippen molar-refractivity contribution in [2.24, 2.45) is 5.73 Å². The second-order valence-electron chi connectivity index (χ2n) is 6.03. The summed E-state index contributed by atoms with van der Waals surface area (Å²) in [5.41, 5.74) is 6.01. The first-order valence-electron chi connectivity index (χ1n) is 7.86. The lowest BCUT2D eigenvalue weighted by Crippen LogP contribution is -2.48. The fraction of sp³-hybridized carbons (Fsp3) is 0.438. The van der Waals surface area contributed by atoms with E-state index in [0.29, 0.717) is 41.7 Å². The Morgan fingerprint density at radius 1 is 1.38 bits per heavy atom. The van der Waals surface area contributed by atoms with Gasteiger partial charge in [0.05, 0.1) is 12.1 Å². The number of furan rings is 1. The maximum atomic E-state index is 12.3. The van der Waals surface area contributed by atoms with Gasteiger partial charge >= 0.3 is 0 Å². The van der Waals surface area contributed by atoms with Gasteiger partial charge in [0.15, 0.2) is 10.9 Å². The SMILES string of the molecule is CC(=O)NCc1ccc(-c2csc(NC(=O)C3(N)CCCC3)n2)o1. The molecule has 1 aliphatic carbocycles. The number of amides is 2. The molecular formula is C16H20N4O3S. The summed E-state index contributed by atoms with van der Waals surface area (Å²) >= 11 is 1.33. The van der Waals surface area contributed by atoms with Crippen LogP contribution in [0.5, 0.6) is 0 Å². The average molecular weight is 348 g/mol. The zero-order valence-corrected chi connectivity index (χ0v) is 14.2. The number of carbonyl (C=O) groups excluding carboxylic acids is 2. The van der Waals surface area contributed by atoms with E-state index in [0.717, 1.165) is 12.8 Å². The van der Waals surface area contributed by atoms with Gasteiger partial charge < -0.3 is 20.8 Å². The normalized spacial score (nSPS) is 16.1. The third-order valence-corrected chi connectivity index (χ3v) is 4.86. The standard InChI is InChI=1S/C16H20N4O3S/c1-10(21)18-8-11-4-5-13(23-11)12-9-24-15(19-12)20-14(22)16(17)6-2-3-7-16/h4-5,9H,2-3,6-8,17H2,1H3,(H,18,21)(H,19,20,22). The zero-order valence-electron chi connectivity index (χ0n) is 13.4.